The van der Waals surface area contributed by atoms with Crippen LogP contribution in [0.1, 0.15) is 41.3 Å². The lowest BCUT2D eigenvalue weighted by molar-refractivity contribution is -0.119. The zero-order valence-electron chi connectivity index (χ0n) is 18.5. The third-order valence-corrected chi connectivity index (χ3v) is 6.89. The molecule has 0 unspecified atom stereocenters. The molecule has 4 aromatic rings. The summed E-state index contributed by atoms with van der Waals surface area (Å²) in [6.07, 6.45) is 4.80. The van der Waals surface area contributed by atoms with Crippen molar-refractivity contribution in [1.29, 1.82) is 0 Å². The maximum Gasteiger partial charge on any atom is 0.230 e. The van der Waals surface area contributed by atoms with E-state index in [0.717, 1.165) is 42.0 Å². The molecule has 0 radical (unpaired) electrons. The molecule has 0 aliphatic heterocycles. The Morgan fingerprint density at radius 3 is 2.91 bits per heavy atom. The first kappa shape index (κ1) is 21.5. The van der Waals surface area contributed by atoms with Gasteiger partial charge in [-0.1, -0.05) is 59.8 Å². The molecule has 0 bridgehead atoms. The molecule has 1 N–H and O–H groups in total. The van der Waals surface area contributed by atoms with Gasteiger partial charge in [-0.2, -0.15) is 0 Å². The number of nitrogens with zero attached hydrogens (tertiary/aromatic N) is 3. The molecule has 1 amide bonds. The van der Waals surface area contributed by atoms with Crippen molar-refractivity contribution in [3.05, 3.63) is 89.4 Å². The van der Waals surface area contributed by atoms with Crippen LogP contribution in [0.2, 0.25) is 0 Å². The number of benzene rings is 2. The van der Waals surface area contributed by atoms with Crippen LogP contribution in [0.25, 0.3) is 11.4 Å². The highest BCUT2D eigenvalue weighted by atomic mass is 32.2. The van der Waals surface area contributed by atoms with Gasteiger partial charge < -0.3 is 9.73 Å². The van der Waals surface area contributed by atoms with Crippen LogP contribution in [0.4, 0.5) is 0 Å². The fourth-order valence-electron chi connectivity index (χ4n) is 4.36. The number of aryl methyl sites for hydroxylation is 2. The molecule has 0 saturated heterocycles. The Morgan fingerprint density at radius 2 is 2.06 bits per heavy atom. The summed E-state index contributed by atoms with van der Waals surface area (Å²) in [5.41, 5.74) is 4.72. The number of carbonyl (C=O) groups is 1. The van der Waals surface area contributed by atoms with Crippen LogP contribution in [-0.4, -0.2) is 26.4 Å². The Hall–Kier alpha value is -3.32. The SMILES string of the molecule is Cc1cccc(-c2nnc(SCC(=O)N[C@@H]3CCCc4ccccc43)n2Cc2ccco2)c1. The van der Waals surface area contributed by atoms with Gasteiger partial charge in [-0.3, -0.25) is 9.36 Å². The Balaban J connectivity index is 1.33. The van der Waals surface area contributed by atoms with Gasteiger partial charge in [0.05, 0.1) is 24.6 Å². The van der Waals surface area contributed by atoms with Crippen molar-refractivity contribution in [3.63, 3.8) is 0 Å². The number of fused-ring (bicyclic) bond motifs is 1. The molecule has 1 aliphatic rings. The highest BCUT2D eigenvalue weighted by Crippen LogP contribution is 2.30. The summed E-state index contributed by atoms with van der Waals surface area (Å²) in [6.45, 7) is 2.56. The van der Waals surface area contributed by atoms with Crippen LogP contribution < -0.4 is 5.32 Å². The van der Waals surface area contributed by atoms with Crippen molar-refractivity contribution >= 4 is 17.7 Å². The standard InChI is InChI=1S/C26H26N4O2S/c1-18-7-4-10-20(15-18)25-28-29-26(30(25)16-21-11-6-14-32-21)33-17-24(31)27-23-13-5-9-19-8-2-3-12-22(19)23/h2-4,6-8,10-12,14-15,23H,5,9,13,16-17H2,1H3,(H,27,31)/t23-/m1/s1. The van der Waals surface area contributed by atoms with Crippen molar-refractivity contribution in [1.82, 2.24) is 20.1 Å². The van der Waals surface area contributed by atoms with E-state index in [0.29, 0.717) is 11.7 Å². The van der Waals surface area contributed by atoms with Gasteiger partial charge in [0.2, 0.25) is 5.91 Å². The molecule has 5 rings (SSSR count). The summed E-state index contributed by atoms with van der Waals surface area (Å²) in [7, 11) is 0. The third kappa shape index (κ3) is 4.88. The Morgan fingerprint density at radius 1 is 1.15 bits per heavy atom. The van der Waals surface area contributed by atoms with Crippen LogP contribution in [0.5, 0.6) is 0 Å². The number of carbonyl (C=O) groups excluding carboxylic acids is 1. The zero-order chi connectivity index (χ0) is 22.6. The van der Waals surface area contributed by atoms with E-state index in [9.17, 15) is 4.79 Å². The molecular weight excluding hydrogens is 432 g/mol. The molecule has 0 fully saturated rings. The highest BCUT2D eigenvalue weighted by Gasteiger charge is 2.22. The molecule has 0 spiro atoms. The number of nitrogens with one attached hydrogen (secondary N) is 1. The number of hydrogen-bond acceptors (Lipinski definition) is 5. The average Bonchev–Trinajstić information content (AvgIpc) is 3.48. The number of hydrogen-bond donors (Lipinski definition) is 1. The van der Waals surface area contributed by atoms with E-state index < -0.39 is 0 Å². The van der Waals surface area contributed by atoms with Crippen LogP contribution >= 0.6 is 11.8 Å². The van der Waals surface area contributed by atoms with E-state index in [4.69, 9.17) is 4.42 Å². The van der Waals surface area contributed by atoms with Crippen LogP contribution in [-0.2, 0) is 17.8 Å². The molecule has 6 nitrogen and oxygen atoms in total. The maximum atomic E-state index is 12.8. The lowest BCUT2D eigenvalue weighted by Crippen LogP contribution is -2.32. The van der Waals surface area contributed by atoms with Crippen molar-refractivity contribution < 1.29 is 9.21 Å². The normalized spacial score (nSPS) is 15.2. The maximum absolute atomic E-state index is 12.8. The number of rotatable bonds is 7. The summed E-state index contributed by atoms with van der Waals surface area (Å²) in [5, 5.41) is 12.8. The van der Waals surface area contributed by atoms with Gasteiger partial charge in [0.15, 0.2) is 11.0 Å². The average molecular weight is 459 g/mol. The van der Waals surface area contributed by atoms with E-state index in [-0.39, 0.29) is 17.7 Å². The van der Waals surface area contributed by atoms with E-state index in [2.05, 4.69) is 52.8 Å². The molecule has 0 saturated carbocycles. The van der Waals surface area contributed by atoms with E-state index in [1.165, 1.54) is 22.9 Å². The van der Waals surface area contributed by atoms with Gasteiger partial charge in [-0.15, -0.1) is 10.2 Å². The zero-order valence-corrected chi connectivity index (χ0v) is 19.3. The van der Waals surface area contributed by atoms with E-state index in [1.54, 1.807) is 6.26 Å². The molecule has 168 valence electrons. The summed E-state index contributed by atoms with van der Waals surface area (Å²) < 4.78 is 7.59. The van der Waals surface area contributed by atoms with Crippen LogP contribution in [0.15, 0.2) is 76.5 Å². The first-order chi connectivity index (χ1) is 16.2. The van der Waals surface area contributed by atoms with Gasteiger partial charge in [0, 0.05) is 5.56 Å². The van der Waals surface area contributed by atoms with Gasteiger partial charge in [-0.05, 0) is 55.5 Å². The Labute approximate surface area is 197 Å². The van der Waals surface area contributed by atoms with Gasteiger partial charge >= 0.3 is 0 Å². The molecule has 1 aliphatic carbocycles. The van der Waals surface area contributed by atoms with Crippen LogP contribution in [0.3, 0.4) is 0 Å². The summed E-state index contributed by atoms with van der Waals surface area (Å²) in [4.78, 5) is 12.8. The van der Waals surface area contributed by atoms with Crippen molar-refractivity contribution in [2.24, 2.45) is 0 Å². The minimum atomic E-state index is 0.00589. The molecule has 2 aromatic heterocycles. The second-order valence-corrected chi connectivity index (χ2v) is 9.28. The number of amides is 1. The monoisotopic (exact) mass is 458 g/mol. The summed E-state index contributed by atoms with van der Waals surface area (Å²) in [5.74, 6) is 1.86. The molecular formula is C26H26N4O2S. The van der Waals surface area contributed by atoms with Gasteiger partial charge in [0.25, 0.3) is 0 Å². The predicted molar refractivity (Wildman–Crippen MR) is 129 cm³/mol. The number of thioether (sulfide) groups is 1. The van der Waals surface area contributed by atoms with E-state index in [1.807, 2.05) is 34.9 Å². The summed E-state index contributed by atoms with van der Waals surface area (Å²) in [6, 6.07) is 20.5. The fourth-order valence-corrected chi connectivity index (χ4v) is 5.11. The predicted octanol–water partition coefficient (Wildman–Crippen LogP) is 5.18. The molecule has 2 aromatic carbocycles. The minimum Gasteiger partial charge on any atom is -0.467 e. The molecule has 33 heavy (non-hydrogen) atoms. The fraction of sp³-hybridized carbons (Fsp3) is 0.269. The van der Waals surface area contributed by atoms with Crippen molar-refractivity contribution in [2.45, 2.75) is 43.9 Å². The smallest absolute Gasteiger partial charge is 0.230 e. The van der Waals surface area contributed by atoms with Gasteiger partial charge in [-0.25, -0.2) is 0 Å². The third-order valence-electron chi connectivity index (χ3n) is 5.92. The number of furan rings is 1. The largest absolute Gasteiger partial charge is 0.467 e. The minimum absolute atomic E-state index is 0.00589. The molecule has 7 heteroatoms. The van der Waals surface area contributed by atoms with Crippen molar-refractivity contribution in [3.8, 4) is 11.4 Å². The molecule has 2 heterocycles. The Kier molecular flexibility index (Phi) is 6.30. The van der Waals surface area contributed by atoms with E-state index >= 15 is 0 Å². The summed E-state index contributed by atoms with van der Waals surface area (Å²) >= 11 is 1.40. The van der Waals surface area contributed by atoms with Gasteiger partial charge in [0.1, 0.15) is 5.76 Å². The highest BCUT2D eigenvalue weighted by molar-refractivity contribution is 7.99. The Bertz CT molecular complexity index is 1250. The second kappa shape index (κ2) is 9.67. The second-order valence-electron chi connectivity index (χ2n) is 8.34. The first-order valence-corrected chi connectivity index (χ1v) is 12.2. The molecule has 1 atom stereocenters. The topological polar surface area (TPSA) is 73.0 Å². The quantitative estimate of drug-likeness (QED) is 0.386. The lowest BCUT2D eigenvalue weighted by Gasteiger charge is -2.26. The van der Waals surface area contributed by atoms with Crippen molar-refractivity contribution in [2.75, 3.05) is 5.75 Å². The van der Waals surface area contributed by atoms with Crippen LogP contribution in [0, 0.1) is 6.92 Å². The first-order valence-electron chi connectivity index (χ1n) is 11.2. The lowest BCUT2D eigenvalue weighted by atomic mass is 9.88. The number of aromatic nitrogens is 3.